The molecule has 7 nitrogen and oxygen atoms in total. The fraction of sp³-hybridized carbons (Fsp3) is 0.588. The van der Waals surface area contributed by atoms with Gasteiger partial charge < -0.3 is 9.64 Å². The van der Waals surface area contributed by atoms with Gasteiger partial charge in [0.15, 0.2) is 5.82 Å². The van der Waals surface area contributed by atoms with Crippen molar-refractivity contribution in [1.29, 1.82) is 0 Å². The molecule has 1 aliphatic heterocycles. The molecule has 0 N–H and O–H groups in total. The SMILES string of the molecule is CCN1CCN([C@@H](c2ccc(F)cc2)c2nnnn2CCOC)CC1. The highest BCUT2D eigenvalue weighted by Crippen LogP contribution is 2.28. The highest BCUT2D eigenvalue weighted by molar-refractivity contribution is 5.25. The maximum atomic E-state index is 13.4. The monoisotopic (exact) mass is 348 g/mol. The normalized spacial score (nSPS) is 17.7. The van der Waals surface area contributed by atoms with E-state index >= 15 is 0 Å². The Hall–Kier alpha value is -1.90. The zero-order valence-corrected chi connectivity index (χ0v) is 14.8. The molecule has 0 amide bonds. The predicted octanol–water partition coefficient (Wildman–Crippen LogP) is 1.19. The van der Waals surface area contributed by atoms with Gasteiger partial charge in [0.1, 0.15) is 5.82 Å². The minimum absolute atomic E-state index is 0.0912. The quantitative estimate of drug-likeness (QED) is 0.749. The number of likely N-dealkylation sites (N-methyl/N-ethyl adjacent to an activating group) is 1. The number of hydrogen-bond donors (Lipinski definition) is 0. The Labute approximate surface area is 147 Å². The van der Waals surface area contributed by atoms with Crippen LogP contribution in [-0.2, 0) is 11.3 Å². The van der Waals surface area contributed by atoms with Gasteiger partial charge in [-0.3, -0.25) is 4.90 Å². The first kappa shape index (κ1) is 17.9. The average Bonchev–Trinajstić information content (AvgIpc) is 3.10. The third-order valence-corrected chi connectivity index (χ3v) is 4.72. The van der Waals surface area contributed by atoms with E-state index in [1.165, 1.54) is 12.1 Å². The molecule has 2 aromatic rings. The molecule has 0 aliphatic carbocycles. The van der Waals surface area contributed by atoms with Gasteiger partial charge in [-0.1, -0.05) is 19.1 Å². The van der Waals surface area contributed by atoms with Crippen LogP contribution in [0.2, 0.25) is 0 Å². The molecule has 8 heteroatoms. The lowest BCUT2D eigenvalue weighted by Gasteiger charge is -2.38. The van der Waals surface area contributed by atoms with Crippen molar-refractivity contribution in [2.45, 2.75) is 19.5 Å². The van der Waals surface area contributed by atoms with Crippen molar-refractivity contribution in [3.05, 3.63) is 41.5 Å². The first-order valence-electron chi connectivity index (χ1n) is 8.69. The van der Waals surface area contributed by atoms with Crippen LogP contribution in [0.3, 0.4) is 0 Å². The third-order valence-electron chi connectivity index (χ3n) is 4.72. The number of piperazine rings is 1. The fourth-order valence-electron chi connectivity index (χ4n) is 3.25. The van der Waals surface area contributed by atoms with Crippen LogP contribution >= 0.6 is 0 Å². The number of halogens is 1. The first-order chi connectivity index (χ1) is 12.2. The Morgan fingerprint density at radius 1 is 1.16 bits per heavy atom. The summed E-state index contributed by atoms with van der Waals surface area (Å²) in [6, 6.07) is 6.54. The van der Waals surface area contributed by atoms with Crippen molar-refractivity contribution >= 4 is 0 Å². The number of hydrogen-bond acceptors (Lipinski definition) is 6. The minimum atomic E-state index is -0.239. The van der Waals surface area contributed by atoms with Gasteiger partial charge in [-0.2, -0.15) is 0 Å². The zero-order valence-electron chi connectivity index (χ0n) is 14.8. The fourth-order valence-corrected chi connectivity index (χ4v) is 3.25. The van der Waals surface area contributed by atoms with Crippen LogP contribution in [0.4, 0.5) is 4.39 Å². The van der Waals surface area contributed by atoms with E-state index < -0.39 is 0 Å². The predicted molar refractivity (Wildman–Crippen MR) is 91.6 cm³/mol. The summed E-state index contributed by atoms with van der Waals surface area (Å²) in [4.78, 5) is 4.79. The second-order valence-electron chi connectivity index (χ2n) is 6.18. The Kier molecular flexibility index (Phi) is 6.06. The van der Waals surface area contributed by atoms with Gasteiger partial charge in [-0.25, -0.2) is 9.07 Å². The van der Waals surface area contributed by atoms with Crippen LogP contribution in [0.15, 0.2) is 24.3 Å². The molecule has 0 saturated carbocycles. The Morgan fingerprint density at radius 3 is 2.52 bits per heavy atom. The van der Waals surface area contributed by atoms with Gasteiger partial charge in [-0.05, 0) is 34.7 Å². The molecule has 1 saturated heterocycles. The van der Waals surface area contributed by atoms with Crippen molar-refractivity contribution < 1.29 is 9.13 Å². The molecule has 136 valence electrons. The van der Waals surface area contributed by atoms with E-state index in [0.29, 0.717) is 13.2 Å². The second kappa shape index (κ2) is 8.46. The number of rotatable bonds is 7. The largest absolute Gasteiger partial charge is 0.383 e. The van der Waals surface area contributed by atoms with E-state index in [9.17, 15) is 4.39 Å². The number of benzene rings is 1. The molecule has 2 heterocycles. The average molecular weight is 348 g/mol. The third kappa shape index (κ3) is 4.20. The number of tetrazole rings is 1. The van der Waals surface area contributed by atoms with Crippen LogP contribution in [0, 0.1) is 5.82 Å². The van der Waals surface area contributed by atoms with Gasteiger partial charge in [0.05, 0.1) is 19.2 Å². The Balaban J connectivity index is 1.90. The van der Waals surface area contributed by atoms with Crippen LogP contribution in [-0.4, -0.2) is 76.4 Å². The lowest BCUT2D eigenvalue weighted by atomic mass is 10.0. The summed E-state index contributed by atoms with van der Waals surface area (Å²) in [7, 11) is 1.66. The van der Waals surface area contributed by atoms with Gasteiger partial charge in [0, 0.05) is 33.3 Å². The molecule has 25 heavy (non-hydrogen) atoms. The van der Waals surface area contributed by atoms with E-state index in [2.05, 4.69) is 32.2 Å². The lowest BCUT2D eigenvalue weighted by Crippen LogP contribution is -2.48. The van der Waals surface area contributed by atoms with E-state index in [-0.39, 0.29) is 11.9 Å². The molecule has 1 fully saturated rings. The van der Waals surface area contributed by atoms with E-state index in [0.717, 1.165) is 44.1 Å². The molecule has 0 unspecified atom stereocenters. The zero-order chi connectivity index (χ0) is 17.6. The van der Waals surface area contributed by atoms with Crippen LogP contribution < -0.4 is 0 Å². The van der Waals surface area contributed by atoms with Gasteiger partial charge in [0.25, 0.3) is 0 Å². The minimum Gasteiger partial charge on any atom is -0.383 e. The first-order valence-corrected chi connectivity index (χ1v) is 8.69. The standard InChI is InChI=1S/C17H25FN6O/c1-3-22-8-10-23(11-9-22)16(14-4-6-15(18)7-5-14)17-19-20-21-24(17)12-13-25-2/h4-7,16H,3,8-13H2,1-2H3/t16-/m0/s1. The van der Waals surface area contributed by atoms with Crippen LogP contribution in [0.25, 0.3) is 0 Å². The van der Waals surface area contributed by atoms with Crippen molar-refractivity contribution in [2.75, 3.05) is 46.4 Å². The molecule has 0 spiro atoms. The van der Waals surface area contributed by atoms with Gasteiger partial charge in [-0.15, -0.1) is 5.10 Å². The summed E-state index contributed by atoms with van der Waals surface area (Å²) in [5.74, 6) is 0.533. The molecular weight excluding hydrogens is 323 g/mol. The smallest absolute Gasteiger partial charge is 0.173 e. The van der Waals surface area contributed by atoms with E-state index in [4.69, 9.17) is 4.74 Å². The summed E-state index contributed by atoms with van der Waals surface area (Å²) >= 11 is 0. The molecule has 3 rings (SSSR count). The van der Waals surface area contributed by atoms with Crippen molar-refractivity contribution in [1.82, 2.24) is 30.0 Å². The summed E-state index contributed by atoms with van der Waals surface area (Å²) in [6.07, 6.45) is 0. The highest BCUT2D eigenvalue weighted by Gasteiger charge is 2.30. The number of methoxy groups -OCH3 is 1. The summed E-state index contributed by atoms with van der Waals surface area (Å²) in [6.45, 7) is 8.23. The number of aromatic nitrogens is 4. The molecule has 0 radical (unpaired) electrons. The summed E-state index contributed by atoms with van der Waals surface area (Å²) in [5.41, 5.74) is 1.000. The number of ether oxygens (including phenoxy) is 1. The molecule has 1 aromatic carbocycles. The maximum Gasteiger partial charge on any atom is 0.173 e. The van der Waals surface area contributed by atoms with E-state index in [1.54, 1.807) is 11.8 Å². The highest BCUT2D eigenvalue weighted by atomic mass is 19.1. The van der Waals surface area contributed by atoms with Gasteiger partial charge >= 0.3 is 0 Å². The van der Waals surface area contributed by atoms with Crippen molar-refractivity contribution in [2.24, 2.45) is 0 Å². The molecule has 0 bridgehead atoms. The van der Waals surface area contributed by atoms with Crippen LogP contribution in [0.1, 0.15) is 24.4 Å². The molecule has 1 aromatic heterocycles. The second-order valence-corrected chi connectivity index (χ2v) is 6.18. The maximum absolute atomic E-state index is 13.4. The van der Waals surface area contributed by atoms with E-state index in [1.807, 2.05) is 12.1 Å². The Bertz CT molecular complexity index is 653. The Morgan fingerprint density at radius 2 is 1.88 bits per heavy atom. The number of nitrogens with zero attached hydrogens (tertiary/aromatic N) is 6. The summed E-state index contributed by atoms with van der Waals surface area (Å²) in [5, 5.41) is 12.2. The molecule has 1 atom stereocenters. The van der Waals surface area contributed by atoms with Crippen LogP contribution in [0.5, 0.6) is 0 Å². The summed E-state index contributed by atoms with van der Waals surface area (Å²) < 4.78 is 20.3. The lowest BCUT2D eigenvalue weighted by molar-refractivity contribution is 0.107. The van der Waals surface area contributed by atoms with Crippen molar-refractivity contribution in [3.63, 3.8) is 0 Å². The molecule has 1 aliphatic rings. The van der Waals surface area contributed by atoms with Crippen molar-refractivity contribution in [3.8, 4) is 0 Å². The topological polar surface area (TPSA) is 59.3 Å². The van der Waals surface area contributed by atoms with Gasteiger partial charge in [0.2, 0.25) is 0 Å². The molecular formula is C17H25FN6O.